The third-order valence-electron chi connectivity index (χ3n) is 3.19. The molecule has 2 N–H and O–H groups in total. The number of nitrogens with two attached hydrogens (primary N) is 1. The van der Waals surface area contributed by atoms with E-state index >= 15 is 0 Å². The van der Waals surface area contributed by atoms with E-state index in [-0.39, 0.29) is 5.91 Å². The Bertz CT molecular complexity index is 596. The van der Waals surface area contributed by atoms with Crippen molar-refractivity contribution in [1.82, 2.24) is 9.88 Å². The van der Waals surface area contributed by atoms with Crippen molar-refractivity contribution >= 4 is 11.6 Å². The molecule has 4 nitrogen and oxygen atoms in total. The fraction of sp³-hybridized carbons (Fsp3) is 0.250. The van der Waals surface area contributed by atoms with Crippen LogP contribution in [0.2, 0.25) is 0 Å². The van der Waals surface area contributed by atoms with Crippen molar-refractivity contribution in [3.05, 3.63) is 59.4 Å². The summed E-state index contributed by atoms with van der Waals surface area (Å²) in [6, 6.07) is 11.2. The van der Waals surface area contributed by atoms with E-state index in [1.54, 1.807) is 17.2 Å². The fourth-order valence-corrected chi connectivity index (χ4v) is 2.04. The highest BCUT2D eigenvalue weighted by atomic mass is 16.2. The Morgan fingerprint density at radius 2 is 2.10 bits per heavy atom. The number of nitrogens with zero attached hydrogens (tertiary/aromatic N) is 2. The van der Waals surface area contributed by atoms with E-state index < -0.39 is 0 Å². The molecule has 0 unspecified atom stereocenters. The summed E-state index contributed by atoms with van der Waals surface area (Å²) >= 11 is 0. The lowest BCUT2D eigenvalue weighted by Gasteiger charge is -2.21. The molecule has 1 aromatic carbocycles. The van der Waals surface area contributed by atoms with Crippen LogP contribution >= 0.6 is 0 Å². The molecule has 1 amide bonds. The van der Waals surface area contributed by atoms with E-state index in [4.69, 9.17) is 5.73 Å². The van der Waals surface area contributed by atoms with Crippen LogP contribution in [0.1, 0.15) is 28.5 Å². The van der Waals surface area contributed by atoms with E-state index in [1.165, 1.54) is 0 Å². The molecule has 20 heavy (non-hydrogen) atoms. The first-order valence-electron chi connectivity index (χ1n) is 6.67. The lowest BCUT2D eigenvalue weighted by atomic mass is 10.1. The smallest absolute Gasteiger partial charge is 0.256 e. The first-order chi connectivity index (χ1) is 9.61. The Hall–Kier alpha value is -2.36. The number of rotatable bonds is 4. The number of hydrogen-bond donors (Lipinski definition) is 1. The van der Waals surface area contributed by atoms with Gasteiger partial charge in [-0.25, -0.2) is 0 Å². The van der Waals surface area contributed by atoms with Gasteiger partial charge in [-0.1, -0.05) is 17.7 Å². The van der Waals surface area contributed by atoms with Gasteiger partial charge in [0.15, 0.2) is 0 Å². The van der Waals surface area contributed by atoms with Crippen LogP contribution in [-0.4, -0.2) is 22.3 Å². The molecule has 0 bridgehead atoms. The molecular formula is C16H19N3O. The van der Waals surface area contributed by atoms with Gasteiger partial charge in [-0.15, -0.1) is 0 Å². The number of anilines is 1. The highest BCUT2D eigenvalue weighted by Gasteiger charge is 2.17. The van der Waals surface area contributed by atoms with Gasteiger partial charge in [0.2, 0.25) is 0 Å². The van der Waals surface area contributed by atoms with Crippen molar-refractivity contribution in [3.63, 3.8) is 0 Å². The number of nitrogen functional groups attached to an aromatic ring is 1. The molecule has 0 aliphatic rings. The number of carbonyl (C=O) groups excluding carboxylic acids is 1. The van der Waals surface area contributed by atoms with E-state index in [9.17, 15) is 4.79 Å². The lowest BCUT2D eigenvalue weighted by Crippen LogP contribution is -2.31. The zero-order valence-electron chi connectivity index (χ0n) is 11.8. The highest BCUT2D eigenvalue weighted by Crippen LogP contribution is 2.17. The van der Waals surface area contributed by atoms with Gasteiger partial charge < -0.3 is 10.6 Å². The second kappa shape index (κ2) is 6.19. The first kappa shape index (κ1) is 14.1. The standard InChI is InChI=1S/C16H19N3O/c1-3-19(11-13-6-4-5-9-18-13)16(20)14-10-12(2)7-8-15(14)17/h4-10H,3,11,17H2,1-2H3. The fourth-order valence-electron chi connectivity index (χ4n) is 2.04. The monoisotopic (exact) mass is 269 g/mol. The van der Waals surface area contributed by atoms with Crippen LogP contribution in [0, 0.1) is 6.92 Å². The van der Waals surface area contributed by atoms with Crippen LogP contribution in [0.5, 0.6) is 0 Å². The topological polar surface area (TPSA) is 59.2 Å². The number of pyridine rings is 1. The maximum atomic E-state index is 12.6. The van der Waals surface area contributed by atoms with Gasteiger partial charge in [-0.3, -0.25) is 9.78 Å². The number of amides is 1. The van der Waals surface area contributed by atoms with Gasteiger partial charge in [0.05, 0.1) is 17.8 Å². The molecule has 4 heteroatoms. The number of aromatic nitrogens is 1. The van der Waals surface area contributed by atoms with Crippen molar-refractivity contribution in [2.75, 3.05) is 12.3 Å². The summed E-state index contributed by atoms with van der Waals surface area (Å²) in [5.74, 6) is -0.0562. The van der Waals surface area contributed by atoms with Gasteiger partial charge >= 0.3 is 0 Å². The van der Waals surface area contributed by atoms with Crippen LogP contribution in [0.25, 0.3) is 0 Å². The summed E-state index contributed by atoms with van der Waals surface area (Å²) in [6.45, 7) is 5.00. The quantitative estimate of drug-likeness (QED) is 0.868. The summed E-state index contributed by atoms with van der Waals surface area (Å²) in [4.78, 5) is 18.6. The van der Waals surface area contributed by atoms with Crippen LogP contribution in [0.4, 0.5) is 5.69 Å². The molecule has 1 heterocycles. The maximum absolute atomic E-state index is 12.6. The van der Waals surface area contributed by atoms with E-state index in [1.807, 2.05) is 44.2 Å². The summed E-state index contributed by atoms with van der Waals surface area (Å²) in [6.07, 6.45) is 1.73. The molecule has 0 aliphatic carbocycles. The van der Waals surface area contributed by atoms with Crippen molar-refractivity contribution in [1.29, 1.82) is 0 Å². The third kappa shape index (κ3) is 3.15. The van der Waals surface area contributed by atoms with Gasteiger partial charge in [0, 0.05) is 18.4 Å². The normalized spacial score (nSPS) is 10.3. The molecule has 0 spiro atoms. The van der Waals surface area contributed by atoms with Crippen LogP contribution in [0.3, 0.4) is 0 Å². The summed E-state index contributed by atoms with van der Waals surface area (Å²) in [5, 5.41) is 0. The van der Waals surface area contributed by atoms with Gasteiger partial charge in [0.1, 0.15) is 0 Å². The average molecular weight is 269 g/mol. The first-order valence-corrected chi connectivity index (χ1v) is 6.67. The Balaban J connectivity index is 2.23. The van der Waals surface area contributed by atoms with E-state index in [2.05, 4.69) is 4.98 Å². The Labute approximate surface area is 119 Å². The minimum absolute atomic E-state index is 0.0562. The molecule has 2 aromatic rings. The molecule has 1 aromatic heterocycles. The average Bonchev–Trinajstić information content (AvgIpc) is 2.47. The minimum Gasteiger partial charge on any atom is -0.398 e. The second-order valence-electron chi connectivity index (χ2n) is 4.73. The maximum Gasteiger partial charge on any atom is 0.256 e. The SMILES string of the molecule is CCN(Cc1ccccn1)C(=O)c1cc(C)ccc1N. The van der Waals surface area contributed by atoms with Crippen LogP contribution < -0.4 is 5.73 Å². The van der Waals surface area contributed by atoms with Crippen molar-refractivity contribution < 1.29 is 4.79 Å². The van der Waals surface area contributed by atoms with Crippen molar-refractivity contribution in [2.45, 2.75) is 20.4 Å². The molecule has 0 radical (unpaired) electrons. The number of hydrogen-bond acceptors (Lipinski definition) is 3. The highest BCUT2D eigenvalue weighted by molar-refractivity contribution is 5.99. The van der Waals surface area contributed by atoms with E-state index in [0.717, 1.165) is 11.3 Å². The second-order valence-corrected chi connectivity index (χ2v) is 4.73. The molecule has 0 saturated heterocycles. The molecule has 0 atom stereocenters. The minimum atomic E-state index is -0.0562. The zero-order valence-corrected chi connectivity index (χ0v) is 11.8. The Morgan fingerprint density at radius 1 is 1.30 bits per heavy atom. The Morgan fingerprint density at radius 3 is 2.75 bits per heavy atom. The number of carbonyl (C=O) groups is 1. The molecule has 0 saturated carbocycles. The summed E-state index contributed by atoms with van der Waals surface area (Å²) < 4.78 is 0. The molecule has 0 aliphatic heterocycles. The lowest BCUT2D eigenvalue weighted by molar-refractivity contribution is 0.0751. The van der Waals surface area contributed by atoms with Crippen LogP contribution in [0.15, 0.2) is 42.6 Å². The number of benzene rings is 1. The van der Waals surface area contributed by atoms with Crippen molar-refractivity contribution in [3.8, 4) is 0 Å². The van der Waals surface area contributed by atoms with Crippen molar-refractivity contribution in [2.24, 2.45) is 0 Å². The molecule has 0 fully saturated rings. The zero-order chi connectivity index (χ0) is 14.5. The Kier molecular flexibility index (Phi) is 4.35. The molecule has 2 rings (SSSR count). The largest absolute Gasteiger partial charge is 0.398 e. The molecule has 104 valence electrons. The predicted octanol–water partition coefficient (Wildman–Crippen LogP) is 2.63. The number of aryl methyl sites for hydroxylation is 1. The molecular weight excluding hydrogens is 250 g/mol. The van der Waals surface area contributed by atoms with Gasteiger partial charge in [-0.2, -0.15) is 0 Å². The third-order valence-corrected chi connectivity index (χ3v) is 3.19. The van der Waals surface area contributed by atoms with Gasteiger partial charge in [-0.05, 0) is 38.1 Å². The summed E-state index contributed by atoms with van der Waals surface area (Å²) in [7, 11) is 0. The predicted molar refractivity (Wildman–Crippen MR) is 80.2 cm³/mol. The van der Waals surface area contributed by atoms with Gasteiger partial charge in [0.25, 0.3) is 5.91 Å². The van der Waals surface area contributed by atoms with Crippen LogP contribution in [-0.2, 0) is 6.54 Å². The summed E-state index contributed by atoms with van der Waals surface area (Å²) in [5.41, 5.74) is 8.88. The van der Waals surface area contributed by atoms with E-state index in [0.29, 0.717) is 24.3 Å².